The van der Waals surface area contributed by atoms with Crippen LogP contribution in [0.4, 0.5) is 5.69 Å². The second-order valence-corrected chi connectivity index (χ2v) is 7.89. The highest BCUT2D eigenvalue weighted by Crippen LogP contribution is 2.15. The van der Waals surface area contributed by atoms with Crippen molar-refractivity contribution in [2.24, 2.45) is 4.99 Å². The first-order chi connectivity index (χ1) is 15.4. The zero-order chi connectivity index (χ0) is 23.1. The average molecular weight is 432 g/mol. The fraction of sp³-hybridized carbons (Fsp3) is 0.346. The number of carbonyl (C=O) groups excluding carboxylic acids is 1. The summed E-state index contributed by atoms with van der Waals surface area (Å²) in [4.78, 5) is 17.6. The quantitative estimate of drug-likeness (QED) is 0.416. The molecule has 0 spiro atoms. The van der Waals surface area contributed by atoms with E-state index in [2.05, 4.69) is 48.6 Å². The zero-order valence-electron chi connectivity index (χ0n) is 19.7. The molecule has 3 rings (SSSR count). The molecule has 0 saturated carbocycles. The minimum absolute atomic E-state index is 0.174. The Morgan fingerprint density at radius 1 is 1.06 bits per heavy atom. The van der Waals surface area contributed by atoms with E-state index in [0.29, 0.717) is 18.1 Å². The third kappa shape index (κ3) is 5.63. The van der Waals surface area contributed by atoms with Crippen molar-refractivity contribution in [3.63, 3.8) is 0 Å². The Hall–Kier alpha value is -3.41. The van der Waals surface area contributed by atoms with Crippen LogP contribution in [0.15, 0.2) is 53.5 Å². The number of aryl methyl sites for hydroxylation is 4. The first kappa shape index (κ1) is 23.3. The molecule has 0 aliphatic carbocycles. The van der Waals surface area contributed by atoms with Crippen LogP contribution in [0.5, 0.6) is 0 Å². The van der Waals surface area contributed by atoms with Gasteiger partial charge in [0.25, 0.3) is 5.91 Å². The summed E-state index contributed by atoms with van der Waals surface area (Å²) in [7, 11) is 0. The molecule has 0 atom stereocenters. The number of guanidine groups is 1. The van der Waals surface area contributed by atoms with E-state index in [1.54, 1.807) is 0 Å². The number of amides is 1. The third-order valence-electron chi connectivity index (χ3n) is 5.68. The van der Waals surface area contributed by atoms with Crippen LogP contribution in [0.3, 0.4) is 0 Å². The lowest BCUT2D eigenvalue weighted by Gasteiger charge is -2.13. The fourth-order valence-corrected chi connectivity index (χ4v) is 3.80. The predicted octanol–water partition coefficient (Wildman–Crippen LogP) is 4.83. The van der Waals surface area contributed by atoms with E-state index in [9.17, 15) is 4.79 Å². The summed E-state index contributed by atoms with van der Waals surface area (Å²) >= 11 is 0. The summed E-state index contributed by atoms with van der Waals surface area (Å²) in [6, 6.07) is 15.7. The molecular formula is C26H33N5O. The van der Waals surface area contributed by atoms with E-state index in [0.717, 1.165) is 36.3 Å². The highest BCUT2D eigenvalue weighted by atomic mass is 16.1. The molecule has 0 aliphatic heterocycles. The Balaban J connectivity index is 1.81. The number of hydrogen-bond donors (Lipinski definition) is 2. The standard InChI is InChI=1S/C26H33N5O/c1-6-21-12-10-13-22(17-21)28-26(29-25(32)23-14-9-8-11-18(23)3)27-16-15-24-19(4)30-31(7-2)20(24)5/h8-14,17H,6-7,15-16H2,1-5H3,(H2,27,28,29,32). The van der Waals surface area contributed by atoms with Gasteiger partial charge in [-0.2, -0.15) is 5.10 Å². The largest absolute Gasteiger partial charge is 0.326 e. The normalized spacial score (nSPS) is 11.5. The maximum absolute atomic E-state index is 12.9. The molecule has 6 heteroatoms. The fourth-order valence-electron chi connectivity index (χ4n) is 3.80. The van der Waals surface area contributed by atoms with Crippen LogP contribution in [0.2, 0.25) is 0 Å². The Morgan fingerprint density at radius 3 is 2.53 bits per heavy atom. The first-order valence-corrected chi connectivity index (χ1v) is 11.2. The van der Waals surface area contributed by atoms with Gasteiger partial charge in [0.2, 0.25) is 5.96 Å². The number of hydrogen-bond acceptors (Lipinski definition) is 3. The second kappa shape index (κ2) is 10.8. The summed E-state index contributed by atoms with van der Waals surface area (Å²) in [5.74, 6) is 0.275. The molecule has 1 aromatic heterocycles. The van der Waals surface area contributed by atoms with E-state index in [-0.39, 0.29) is 5.91 Å². The monoisotopic (exact) mass is 431 g/mol. The number of nitrogens with zero attached hydrogens (tertiary/aromatic N) is 3. The molecule has 6 nitrogen and oxygen atoms in total. The predicted molar refractivity (Wildman–Crippen MR) is 131 cm³/mol. The van der Waals surface area contributed by atoms with Crippen molar-refractivity contribution in [3.8, 4) is 0 Å². The van der Waals surface area contributed by atoms with Crippen molar-refractivity contribution in [1.82, 2.24) is 15.1 Å². The Morgan fingerprint density at radius 2 is 1.84 bits per heavy atom. The van der Waals surface area contributed by atoms with Crippen molar-refractivity contribution in [3.05, 3.63) is 82.2 Å². The maximum atomic E-state index is 12.9. The molecule has 32 heavy (non-hydrogen) atoms. The summed E-state index contributed by atoms with van der Waals surface area (Å²) < 4.78 is 2.02. The van der Waals surface area contributed by atoms with Gasteiger partial charge >= 0.3 is 0 Å². The number of nitrogens with one attached hydrogen (secondary N) is 2. The minimum Gasteiger partial charge on any atom is -0.326 e. The number of anilines is 1. The van der Waals surface area contributed by atoms with Gasteiger partial charge in [0.05, 0.1) is 5.69 Å². The van der Waals surface area contributed by atoms with E-state index in [1.807, 2.05) is 54.9 Å². The lowest BCUT2D eigenvalue weighted by molar-refractivity contribution is 0.0976. The molecular weight excluding hydrogens is 398 g/mol. The van der Waals surface area contributed by atoms with Gasteiger partial charge in [-0.15, -0.1) is 0 Å². The minimum atomic E-state index is -0.174. The number of aliphatic imine (C=N–C) groups is 1. The second-order valence-electron chi connectivity index (χ2n) is 7.89. The summed E-state index contributed by atoms with van der Waals surface area (Å²) in [6.07, 6.45) is 1.70. The Labute approximate surface area is 190 Å². The lowest BCUT2D eigenvalue weighted by atomic mass is 10.1. The molecule has 2 N–H and O–H groups in total. The molecule has 0 fully saturated rings. The van der Waals surface area contributed by atoms with E-state index < -0.39 is 0 Å². The van der Waals surface area contributed by atoms with E-state index >= 15 is 0 Å². The van der Waals surface area contributed by atoms with Crippen LogP contribution in [-0.2, 0) is 19.4 Å². The van der Waals surface area contributed by atoms with Crippen molar-refractivity contribution in [2.45, 2.75) is 54.0 Å². The highest BCUT2D eigenvalue weighted by molar-refractivity contribution is 6.10. The Bertz CT molecular complexity index is 1110. The lowest BCUT2D eigenvalue weighted by Crippen LogP contribution is -2.36. The van der Waals surface area contributed by atoms with Crippen LogP contribution < -0.4 is 10.6 Å². The van der Waals surface area contributed by atoms with E-state index in [1.165, 1.54) is 16.8 Å². The van der Waals surface area contributed by atoms with Gasteiger partial charge in [-0.1, -0.05) is 37.3 Å². The van der Waals surface area contributed by atoms with Gasteiger partial charge < -0.3 is 5.32 Å². The smallest absolute Gasteiger partial charge is 0.258 e. The van der Waals surface area contributed by atoms with Crippen LogP contribution in [0, 0.1) is 20.8 Å². The molecule has 0 saturated heterocycles. The van der Waals surface area contributed by atoms with Crippen LogP contribution in [0.1, 0.15) is 52.3 Å². The molecule has 0 aliphatic rings. The molecule has 168 valence electrons. The maximum Gasteiger partial charge on any atom is 0.258 e. The molecule has 1 heterocycles. The average Bonchev–Trinajstić information content (AvgIpc) is 3.07. The Kier molecular flexibility index (Phi) is 7.82. The topological polar surface area (TPSA) is 71.3 Å². The summed E-state index contributed by atoms with van der Waals surface area (Å²) in [5, 5.41) is 10.9. The molecule has 2 aromatic carbocycles. The first-order valence-electron chi connectivity index (χ1n) is 11.2. The van der Waals surface area contributed by atoms with Gasteiger partial charge in [0.1, 0.15) is 0 Å². The molecule has 0 bridgehead atoms. The van der Waals surface area contributed by atoms with Gasteiger partial charge in [0, 0.05) is 30.0 Å². The molecule has 1 amide bonds. The van der Waals surface area contributed by atoms with Crippen molar-refractivity contribution in [2.75, 3.05) is 11.9 Å². The third-order valence-corrected chi connectivity index (χ3v) is 5.68. The van der Waals surface area contributed by atoms with Gasteiger partial charge in [-0.3, -0.25) is 19.8 Å². The molecule has 0 unspecified atom stereocenters. The molecule has 3 aromatic rings. The van der Waals surface area contributed by atoms with Gasteiger partial charge in [-0.25, -0.2) is 0 Å². The van der Waals surface area contributed by atoms with Gasteiger partial charge in [-0.05, 0) is 75.4 Å². The highest BCUT2D eigenvalue weighted by Gasteiger charge is 2.13. The van der Waals surface area contributed by atoms with Crippen molar-refractivity contribution < 1.29 is 4.79 Å². The number of aromatic nitrogens is 2. The number of carbonyl (C=O) groups is 1. The summed E-state index contributed by atoms with van der Waals surface area (Å²) in [5.41, 5.74) is 7.11. The SMILES string of the molecule is CCc1cccc(NC(=NCCc2c(C)nn(CC)c2C)NC(=O)c2ccccc2C)c1. The van der Waals surface area contributed by atoms with Gasteiger partial charge in [0.15, 0.2) is 0 Å². The van der Waals surface area contributed by atoms with E-state index in [4.69, 9.17) is 4.99 Å². The summed E-state index contributed by atoms with van der Waals surface area (Å²) in [6.45, 7) is 11.7. The van der Waals surface area contributed by atoms with Crippen LogP contribution in [-0.4, -0.2) is 28.2 Å². The van der Waals surface area contributed by atoms with Crippen molar-refractivity contribution >= 4 is 17.6 Å². The number of rotatable bonds is 7. The van der Waals surface area contributed by atoms with Crippen LogP contribution >= 0.6 is 0 Å². The molecule has 0 radical (unpaired) electrons. The van der Waals surface area contributed by atoms with Crippen LogP contribution in [0.25, 0.3) is 0 Å². The van der Waals surface area contributed by atoms with Crippen molar-refractivity contribution in [1.29, 1.82) is 0 Å². The zero-order valence-corrected chi connectivity index (χ0v) is 19.7. The number of benzene rings is 2.